The van der Waals surface area contributed by atoms with Gasteiger partial charge in [0.1, 0.15) is 5.75 Å². The van der Waals surface area contributed by atoms with Crippen LogP contribution in [0, 0.1) is 6.92 Å². The monoisotopic (exact) mass is 328 g/mol. The lowest BCUT2D eigenvalue weighted by atomic mass is 10.0. The van der Waals surface area contributed by atoms with Gasteiger partial charge in [-0.1, -0.05) is 26.0 Å². The number of carbonyl (C=O) groups excluding carboxylic acids is 1. The highest BCUT2D eigenvalue weighted by molar-refractivity contribution is 5.85. The maximum atomic E-state index is 12.0. The third-order valence-electron chi connectivity index (χ3n) is 3.37. The minimum atomic E-state index is -0.487. The van der Waals surface area contributed by atoms with Gasteiger partial charge in [-0.15, -0.1) is 12.4 Å². The molecule has 0 aliphatic heterocycles. The number of benzene rings is 1. The first kappa shape index (κ1) is 20.7. The summed E-state index contributed by atoms with van der Waals surface area (Å²) in [6.45, 7) is 9.63. The molecule has 0 heterocycles. The Morgan fingerprint density at radius 3 is 2.50 bits per heavy atom. The van der Waals surface area contributed by atoms with Crippen molar-refractivity contribution in [3.63, 3.8) is 0 Å². The maximum Gasteiger partial charge on any atom is 0.260 e. The third kappa shape index (κ3) is 6.67. The Labute approximate surface area is 140 Å². The molecule has 5 heteroatoms. The molecule has 1 rings (SSSR count). The lowest BCUT2D eigenvalue weighted by Crippen LogP contribution is -2.37. The number of rotatable bonds is 8. The predicted octanol–water partition coefficient (Wildman–Crippen LogP) is 3.03. The van der Waals surface area contributed by atoms with Gasteiger partial charge in [0.2, 0.25) is 0 Å². The summed E-state index contributed by atoms with van der Waals surface area (Å²) in [6, 6.07) is 6.15. The van der Waals surface area contributed by atoms with Gasteiger partial charge in [0, 0.05) is 6.54 Å². The number of aryl methyl sites for hydroxylation is 1. The zero-order chi connectivity index (χ0) is 15.8. The van der Waals surface area contributed by atoms with Crippen LogP contribution >= 0.6 is 12.4 Å². The van der Waals surface area contributed by atoms with Crippen LogP contribution in [0.5, 0.6) is 5.75 Å². The summed E-state index contributed by atoms with van der Waals surface area (Å²) in [5.74, 6) is 1.11. The second-order valence-corrected chi connectivity index (χ2v) is 5.70. The Hall–Kier alpha value is -1.26. The van der Waals surface area contributed by atoms with Crippen LogP contribution in [0.15, 0.2) is 18.2 Å². The van der Waals surface area contributed by atoms with Crippen molar-refractivity contribution < 1.29 is 9.53 Å². The topological polar surface area (TPSA) is 50.4 Å². The van der Waals surface area contributed by atoms with Crippen molar-refractivity contribution in [3.05, 3.63) is 29.3 Å². The van der Waals surface area contributed by atoms with E-state index in [0.717, 1.165) is 29.8 Å². The largest absolute Gasteiger partial charge is 0.481 e. The van der Waals surface area contributed by atoms with Crippen LogP contribution in [-0.4, -0.2) is 32.1 Å². The van der Waals surface area contributed by atoms with E-state index in [1.54, 1.807) is 6.92 Å². The van der Waals surface area contributed by atoms with Crippen molar-refractivity contribution in [1.29, 1.82) is 0 Å². The van der Waals surface area contributed by atoms with Crippen molar-refractivity contribution in [2.24, 2.45) is 0 Å². The van der Waals surface area contributed by atoms with Gasteiger partial charge in [0.15, 0.2) is 6.10 Å². The molecular weight excluding hydrogens is 300 g/mol. The van der Waals surface area contributed by atoms with E-state index in [0.29, 0.717) is 12.5 Å². The molecule has 0 aliphatic rings. The molecule has 0 fully saturated rings. The van der Waals surface area contributed by atoms with Gasteiger partial charge in [0.25, 0.3) is 5.91 Å². The van der Waals surface area contributed by atoms with Crippen molar-refractivity contribution >= 4 is 18.3 Å². The first-order chi connectivity index (χ1) is 9.95. The predicted molar refractivity (Wildman–Crippen MR) is 94.2 cm³/mol. The van der Waals surface area contributed by atoms with E-state index in [4.69, 9.17) is 4.74 Å². The average Bonchev–Trinajstić information content (AvgIpc) is 2.43. The van der Waals surface area contributed by atoms with Gasteiger partial charge >= 0.3 is 0 Å². The standard InChI is InChI=1S/C17H28N2O2.ClH/c1-12(2)15-8-7-13(3)11-16(15)21-14(4)17(20)19-10-6-9-18-5;/h7-8,11-12,14,18H,6,9-10H2,1-5H3,(H,19,20);1H. The highest BCUT2D eigenvalue weighted by Crippen LogP contribution is 2.28. The fourth-order valence-corrected chi connectivity index (χ4v) is 2.09. The molecular formula is C17H29ClN2O2. The summed E-state index contributed by atoms with van der Waals surface area (Å²) in [6.07, 6.45) is 0.426. The lowest BCUT2D eigenvalue weighted by Gasteiger charge is -2.19. The number of hydrogen-bond donors (Lipinski definition) is 2. The fourth-order valence-electron chi connectivity index (χ4n) is 2.09. The summed E-state index contributed by atoms with van der Waals surface area (Å²) >= 11 is 0. The average molecular weight is 329 g/mol. The van der Waals surface area contributed by atoms with Gasteiger partial charge in [0.05, 0.1) is 0 Å². The van der Waals surface area contributed by atoms with E-state index in [1.807, 2.05) is 20.0 Å². The Morgan fingerprint density at radius 2 is 1.91 bits per heavy atom. The molecule has 0 aliphatic carbocycles. The Morgan fingerprint density at radius 1 is 1.23 bits per heavy atom. The van der Waals surface area contributed by atoms with E-state index in [9.17, 15) is 4.79 Å². The van der Waals surface area contributed by atoms with E-state index in [-0.39, 0.29) is 18.3 Å². The fraction of sp³-hybridized carbons (Fsp3) is 0.588. The third-order valence-corrected chi connectivity index (χ3v) is 3.37. The lowest BCUT2D eigenvalue weighted by molar-refractivity contribution is -0.127. The minimum absolute atomic E-state index is 0. The van der Waals surface area contributed by atoms with Crippen molar-refractivity contribution in [2.45, 2.75) is 46.1 Å². The summed E-state index contributed by atoms with van der Waals surface area (Å²) in [5.41, 5.74) is 2.27. The quantitative estimate of drug-likeness (QED) is 0.721. The van der Waals surface area contributed by atoms with E-state index >= 15 is 0 Å². The summed E-state index contributed by atoms with van der Waals surface area (Å²) in [4.78, 5) is 12.0. The smallest absolute Gasteiger partial charge is 0.260 e. The summed E-state index contributed by atoms with van der Waals surface area (Å²) in [7, 11) is 1.90. The molecule has 126 valence electrons. The molecule has 2 N–H and O–H groups in total. The second kappa shape index (κ2) is 10.5. The van der Waals surface area contributed by atoms with Gasteiger partial charge in [-0.2, -0.15) is 0 Å². The SMILES string of the molecule is CNCCCNC(=O)C(C)Oc1cc(C)ccc1C(C)C.Cl. The molecule has 1 aromatic carbocycles. The molecule has 0 aromatic heterocycles. The first-order valence-corrected chi connectivity index (χ1v) is 7.65. The number of halogens is 1. The van der Waals surface area contributed by atoms with Gasteiger partial charge in [-0.3, -0.25) is 4.79 Å². The van der Waals surface area contributed by atoms with E-state index in [2.05, 4.69) is 36.6 Å². The van der Waals surface area contributed by atoms with Crippen LogP contribution in [0.2, 0.25) is 0 Å². The van der Waals surface area contributed by atoms with Crippen LogP contribution in [0.25, 0.3) is 0 Å². The van der Waals surface area contributed by atoms with Gasteiger partial charge in [-0.05, 0) is 57.0 Å². The minimum Gasteiger partial charge on any atom is -0.481 e. The van der Waals surface area contributed by atoms with Crippen LogP contribution in [0.3, 0.4) is 0 Å². The number of carbonyl (C=O) groups is 1. The molecule has 1 unspecified atom stereocenters. The van der Waals surface area contributed by atoms with E-state index in [1.165, 1.54) is 0 Å². The maximum absolute atomic E-state index is 12.0. The zero-order valence-electron chi connectivity index (χ0n) is 14.2. The number of nitrogens with one attached hydrogen (secondary N) is 2. The number of amides is 1. The molecule has 0 saturated heterocycles. The van der Waals surface area contributed by atoms with Crippen molar-refractivity contribution in [3.8, 4) is 5.75 Å². The number of ether oxygens (including phenoxy) is 1. The Balaban J connectivity index is 0.00000441. The Bertz CT molecular complexity index is 464. The molecule has 22 heavy (non-hydrogen) atoms. The molecule has 0 saturated carbocycles. The normalized spacial score (nSPS) is 11.7. The molecule has 4 nitrogen and oxygen atoms in total. The van der Waals surface area contributed by atoms with Crippen LogP contribution in [0.1, 0.15) is 44.2 Å². The summed E-state index contributed by atoms with van der Waals surface area (Å²) in [5, 5.41) is 5.95. The van der Waals surface area contributed by atoms with Crippen molar-refractivity contribution in [2.75, 3.05) is 20.1 Å². The molecule has 0 spiro atoms. The molecule has 1 aromatic rings. The highest BCUT2D eigenvalue weighted by atomic mass is 35.5. The number of hydrogen-bond acceptors (Lipinski definition) is 3. The van der Waals surface area contributed by atoms with Crippen LogP contribution < -0.4 is 15.4 Å². The summed E-state index contributed by atoms with van der Waals surface area (Å²) < 4.78 is 5.88. The van der Waals surface area contributed by atoms with E-state index < -0.39 is 6.10 Å². The highest BCUT2D eigenvalue weighted by Gasteiger charge is 2.17. The Kier molecular flexibility index (Phi) is 9.86. The molecule has 0 radical (unpaired) electrons. The van der Waals surface area contributed by atoms with Gasteiger partial charge in [-0.25, -0.2) is 0 Å². The zero-order valence-corrected chi connectivity index (χ0v) is 15.0. The molecule has 0 bridgehead atoms. The second-order valence-electron chi connectivity index (χ2n) is 5.70. The molecule has 1 amide bonds. The molecule has 1 atom stereocenters. The van der Waals surface area contributed by atoms with Crippen LogP contribution in [0.4, 0.5) is 0 Å². The van der Waals surface area contributed by atoms with Crippen LogP contribution in [-0.2, 0) is 4.79 Å². The first-order valence-electron chi connectivity index (χ1n) is 7.65. The van der Waals surface area contributed by atoms with Crippen molar-refractivity contribution in [1.82, 2.24) is 10.6 Å². The van der Waals surface area contributed by atoms with Gasteiger partial charge < -0.3 is 15.4 Å².